The molecule has 1 aromatic heterocycles. The molecule has 1 aromatic rings. The lowest BCUT2D eigenvalue weighted by molar-refractivity contribution is -0.121. The number of carboxylic acids is 1. The maximum Gasteiger partial charge on any atom is 0.337 e. The smallest absolute Gasteiger partial charge is 0.337 e. The monoisotopic (exact) mass is 210 g/mol. The molecule has 1 heterocycles. The Labute approximate surface area is 87.7 Å². The van der Waals surface area contributed by atoms with Gasteiger partial charge in [-0.15, -0.1) is 0 Å². The number of rotatable bonds is 4. The van der Waals surface area contributed by atoms with Crippen LogP contribution in [0.1, 0.15) is 23.0 Å². The average molecular weight is 210 g/mol. The Kier molecular flexibility index (Phi) is 3.49. The number of aromatic carboxylic acids is 1. The fourth-order valence-corrected chi connectivity index (χ4v) is 1.48. The molecule has 2 N–H and O–H groups in total. The van der Waals surface area contributed by atoms with Crippen LogP contribution in [-0.2, 0) is 17.8 Å². The Bertz CT molecular complexity index is 382. The Morgan fingerprint density at radius 3 is 2.67 bits per heavy atom. The van der Waals surface area contributed by atoms with Crippen LogP contribution in [0.3, 0.4) is 0 Å². The summed E-state index contributed by atoms with van der Waals surface area (Å²) in [4.78, 5) is 22.0. The lowest BCUT2D eigenvalue weighted by Crippen LogP contribution is -2.24. The van der Waals surface area contributed by atoms with E-state index in [4.69, 9.17) is 5.11 Å². The highest BCUT2D eigenvalue weighted by atomic mass is 16.4. The molecule has 5 nitrogen and oxygen atoms in total. The number of likely N-dealkylation sites (N-methyl/N-ethyl adjacent to an activating group) is 1. The lowest BCUT2D eigenvalue weighted by Gasteiger charge is -2.07. The molecule has 0 spiro atoms. The Balaban J connectivity index is 2.99. The molecule has 0 aromatic carbocycles. The molecule has 0 aliphatic carbocycles. The minimum absolute atomic E-state index is 0.141. The van der Waals surface area contributed by atoms with Gasteiger partial charge in [-0.1, -0.05) is 6.92 Å². The first-order chi connectivity index (χ1) is 7.10. The number of carboxylic acid groups (broad SMARTS) is 1. The third kappa shape index (κ3) is 2.37. The van der Waals surface area contributed by atoms with Crippen molar-refractivity contribution in [1.82, 2.24) is 9.88 Å². The number of hydrogen-bond acceptors (Lipinski definition) is 2. The molecular formula is C10H14N2O3. The summed E-state index contributed by atoms with van der Waals surface area (Å²) in [7, 11) is 1.55. The van der Waals surface area contributed by atoms with E-state index in [2.05, 4.69) is 5.32 Å². The number of amides is 1. The van der Waals surface area contributed by atoms with Crippen LogP contribution in [0.2, 0.25) is 0 Å². The molecule has 0 saturated heterocycles. The number of carbonyl (C=O) groups is 2. The SMILES string of the molecule is CCc1c(C(=O)O)ccn1CC(=O)NC. The predicted molar refractivity (Wildman–Crippen MR) is 54.8 cm³/mol. The molecule has 1 rings (SSSR count). The van der Waals surface area contributed by atoms with Crippen LogP contribution in [0.15, 0.2) is 12.3 Å². The van der Waals surface area contributed by atoms with E-state index in [-0.39, 0.29) is 18.0 Å². The maximum atomic E-state index is 11.1. The molecule has 82 valence electrons. The van der Waals surface area contributed by atoms with Crippen molar-refractivity contribution < 1.29 is 14.7 Å². The number of nitrogens with one attached hydrogen (secondary N) is 1. The number of hydrogen-bond donors (Lipinski definition) is 2. The van der Waals surface area contributed by atoms with E-state index >= 15 is 0 Å². The van der Waals surface area contributed by atoms with E-state index in [9.17, 15) is 9.59 Å². The molecule has 5 heteroatoms. The first-order valence-electron chi connectivity index (χ1n) is 4.72. The van der Waals surface area contributed by atoms with Crippen molar-refractivity contribution in [2.45, 2.75) is 19.9 Å². The van der Waals surface area contributed by atoms with Crippen molar-refractivity contribution in [2.24, 2.45) is 0 Å². The third-order valence-electron chi connectivity index (χ3n) is 2.24. The molecule has 0 bridgehead atoms. The van der Waals surface area contributed by atoms with E-state index in [0.717, 1.165) is 0 Å². The topological polar surface area (TPSA) is 71.3 Å². The third-order valence-corrected chi connectivity index (χ3v) is 2.24. The van der Waals surface area contributed by atoms with Crippen LogP contribution < -0.4 is 5.32 Å². The summed E-state index contributed by atoms with van der Waals surface area (Å²) < 4.78 is 1.66. The highest BCUT2D eigenvalue weighted by molar-refractivity contribution is 5.89. The van der Waals surface area contributed by atoms with E-state index in [0.29, 0.717) is 12.1 Å². The second kappa shape index (κ2) is 4.63. The Morgan fingerprint density at radius 2 is 2.20 bits per heavy atom. The zero-order valence-electron chi connectivity index (χ0n) is 8.78. The highest BCUT2D eigenvalue weighted by Gasteiger charge is 2.14. The van der Waals surface area contributed by atoms with Gasteiger partial charge in [0.2, 0.25) is 5.91 Å². The van der Waals surface area contributed by atoms with Gasteiger partial charge in [-0.3, -0.25) is 4.79 Å². The van der Waals surface area contributed by atoms with Crippen molar-refractivity contribution in [3.8, 4) is 0 Å². The van der Waals surface area contributed by atoms with E-state index in [1.165, 1.54) is 6.07 Å². The Hall–Kier alpha value is -1.78. The van der Waals surface area contributed by atoms with Gasteiger partial charge < -0.3 is 15.0 Å². The summed E-state index contributed by atoms with van der Waals surface area (Å²) in [5, 5.41) is 11.4. The first kappa shape index (κ1) is 11.3. The molecule has 0 aliphatic rings. The fraction of sp³-hybridized carbons (Fsp3) is 0.400. The standard InChI is InChI=1S/C10H14N2O3/c1-3-8-7(10(14)15)4-5-12(8)6-9(13)11-2/h4-5H,3,6H2,1-2H3,(H,11,13)(H,14,15). The van der Waals surface area contributed by atoms with E-state index in [1.54, 1.807) is 17.8 Å². The van der Waals surface area contributed by atoms with Crippen molar-refractivity contribution in [2.75, 3.05) is 7.05 Å². The average Bonchev–Trinajstić information content (AvgIpc) is 2.60. The summed E-state index contributed by atoms with van der Waals surface area (Å²) in [5.41, 5.74) is 0.938. The largest absolute Gasteiger partial charge is 0.478 e. The molecule has 1 amide bonds. The zero-order chi connectivity index (χ0) is 11.4. The fourth-order valence-electron chi connectivity index (χ4n) is 1.48. The van der Waals surface area contributed by atoms with Crippen LogP contribution in [0, 0.1) is 0 Å². The van der Waals surface area contributed by atoms with Gasteiger partial charge in [-0.2, -0.15) is 0 Å². The van der Waals surface area contributed by atoms with E-state index < -0.39 is 5.97 Å². The van der Waals surface area contributed by atoms with Crippen LogP contribution in [-0.4, -0.2) is 28.6 Å². The number of nitrogens with zero attached hydrogens (tertiary/aromatic N) is 1. The van der Waals surface area contributed by atoms with Crippen molar-refractivity contribution in [1.29, 1.82) is 0 Å². The van der Waals surface area contributed by atoms with Gasteiger partial charge in [-0.25, -0.2) is 4.79 Å². The molecule has 0 saturated carbocycles. The molecular weight excluding hydrogens is 196 g/mol. The van der Waals surface area contributed by atoms with E-state index in [1.807, 2.05) is 6.92 Å². The second-order valence-electron chi connectivity index (χ2n) is 3.14. The van der Waals surface area contributed by atoms with Gasteiger partial charge in [0.15, 0.2) is 0 Å². The molecule has 0 aliphatic heterocycles. The summed E-state index contributed by atoms with van der Waals surface area (Å²) in [5.74, 6) is -1.10. The minimum atomic E-state index is -0.956. The van der Waals surface area contributed by atoms with Crippen LogP contribution in [0.5, 0.6) is 0 Å². The van der Waals surface area contributed by atoms with Crippen molar-refractivity contribution in [3.63, 3.8) is 0 Å². The second-order valence-corrected chi connectivity index (χ2v) is 3.14. The van der Waals surface area contributed by atoms with Crippen LogP contribution >= 0.6 is 0 Å². The number of aromatic nitrogens is 1. The lowest BCUT2D eigenvalue weighted by atomic mass is 10.2. The molecule has 15 heavy (non-hydrogen) atoms. The maximum absolute atomic E-state index is 11.1. The van der Waals surface area contributed by atoms with Gasteiger partial charge in [0, 0.05) is 18.9 Å². The van der Waals surface area contributed by atoms with Crippen LogP contribution in [0.4, 0.5) is 0 Å². The molecule has 0 fully saturated rings. The predicted octanol–water partition coefficient (Wildman–Crippen LogP) is 0.495. The van der Waals surface area contributed by atoms with Gasteiger partial charge >= 0.3 is 5.97 Å². The normalized spacial score (nSPS) is 10.0. The quantitative estimate of drug-likeness (QED) is 0.760. The molecule has 0 unspecified atom stereocenters. The first-order valence-corrected chi connectivity index (χ1v) is 4.72. The highest BCUT2D eigenvalue weighted by Crippen LogP contribution is 2.12. The van der Waals surface area contributed by atoms with Gasteiger partial charge in [0.25, 0.3) is 0 Å². The summed E-state index contributed by atoms with van der Waals surface area (Å²) in [6, 6.07) is 1.52. The van der Waals surface area contributed by atoms with Gasteiger partial charge in [0.05, 0.1) is 5.56 Å². The van der Waals surface area contributed by atoms with Gasteiger partial charge in [-0.05, 0) is 12.5 Å². The number of carbonyl (C=O) groups excluding carboxylic acids is 1. The molecule has 0 radical (unpaired) electrons. The van der Waals surface area contributed by atoms with Crippen molar-refractivity contribution >= 4 is 11.9 Å². The van der Waals surface area contributed by atoms with Gasteiger partial charge in [0.1, 0.15) is 6.54 Å². The summed E-state index contributed by atoms with van der Waals surface area (Å²) >= 11 is 0. The Morgan fingerprint density at radius 1 is 1.53 bits per heavy atom. The van der Waals surface area contributed by atoms with Crippen molar-refractivity contribution in [3.05, 3.63) is 23.5 Å². The zero-order valence-corrected chi connectivity index (χ0v) is 8.78. The van der Waals surface area contributed by atoms with Crippen LogP contribution in [0.25, 0.3) is 0 Å². The minimum Gasteiger partial charge on any atom is -0.478 e. The summed E-state index contributed by atoms with van der Waals surface area (Å²) in [6.45, 7) is 2.02. The summed E-state index contributed by atoms with van der Waals surface area (Å²) in [6.07, 6.45) is 2.21. The molecule has 0 atom stereocenters.